The van der Waals surface area contributed by atoms with Gasteiger partial charge in [0.1, 0.15) is 0 Å². The van der Waals surface area contributed by atoms with Gasteiger partial charge in [0.2, 0.25) is 0 Å². The van der Waals surface area contributed by atoms with Crippen LogP contribution in [-0.2, 0) is 4.74 Å². The topological polar surface area (TPSA) is 55.6 Å². The van der Waals surface area contributed by atoms with Crippen molar-refractivity contribution in [2.45, 2.75) is 52.0 Å². The minimum atomic E-state index is -0.309. The summed E-state index contributed by atoms with van der Waals surface area (Å²) in [6.45, 7) is 5.28. The van der Waals surface area contributed by atoms with E-state index in [2.05, 4.69) is 11.8 Å². The molecule has 1 aromatic carbocycles. The maximum Gasteiger partial charge on any atom is 0.338 e. The summed E-state index contributed by atoms with van der Waals surface area (Å²) in [5, 5.41) is 0. The zero-order valence-corrected chi connectivity index (χ0v) is 13.1. The van der Waals surface area contributed by atoms with Crippen molar-refractivity contribution in [3.63, 3.8) is 0 Å². The second-order valence-electron chi connectivity index (χ2n) is 5.57. The first kappa shape index (κ1) is 15.7. The highest BCUT2D eigenvalue weighted by atomic mass is 16.5. The molecule has 0 saturated heterocycles. The van der Waals surface area contributed by atoms with Gasteiger partial charge in [0.15, 0.2) is 0 Å². The molecule has 0 bridgehead atoms. The molecule has 2 N–H and O–H groups in total. The first-order chi connectivity index (χ1) is 10.2. The average Bonchev–Trinajstić information content (AvgIpc) is 2.51. The number of hydrogen-bond acceptors (Lipinski definition) is 4. The van der Waals surface area contributed by atoms with Gasteiger partial charge in [-0.15, -0.1) is 0 Å². The molecule has 0 aromatic heterocycles. The lowest BCUT2D eigenvalue weighted by molar-refractivity contribution is 0.0526. The van der Waals surface area contributed by atoms with Crippen LogP contribution in [0, 0.1) is 0 Å². The number of carbonyl (C=O) groups is 1. The highest BCUT2D eigenvalue weighted by molar-refractivity contribution is 5.92. The van der Waals surface area contributed by atoms with Crippen LogP contribution in [0.1, 0.15) is 56.3 Å². The van der Waals surface area contributed by atoms with Gasteiger partial charge in [0.05, 0.1) is 23.5 Å². The van der Waals surface area contributed by atoms with Crippen LogP contribution in [0.2, 0.25) is 0 Å². The van der Waals surface area contributed by atoms with Crippen molar-refractivity contribution in [1.82, 2.24) is 0 Å². The number of rotatable bonds is 5. The molecule has 4 nitrogen and oxygen atoms in total. The quantitative estimate of drug-likeness (QED) is 0.665. The lowest BCUT2D eigenvalue weighted by Crippen LogP contribution is -2.37. The molecule has 0 aliphatic heterocycles. The van der Waals surface area contributed by atoms with E-state index in [9.17, 15) is 4.79 Å². The number of benzene rings is 1. The van der Waals surface area contributed by atoms with E-state index in [1.165, 1.54) is 32.1 Å². The number of esters is 1. The zero-order chi connectivity index (χ0) is 15.2. The monoisotopic (exact) mass is 290 g/mol. The average molecular weight is 290 g/mol. The van der Waals surface area contributed by atoms with E-state index in [0.29, 0.717) is 23.9 Å². The van der Waals surface area contributed by atoms with E-state index < -0.39 is 0 Å². The van der Waals surface area contributed by atoms with Crippen LogP contribution in [-0.4, -0.2) is 25.2 Å². The summed E-state index contributed by atoms with van der Waals surface area (Å²) < 4.78 is 5.02. The molecular formula is C17H26N2O2. The number of nitrogens with two attached hydrogens (primary N) is 1. The van der Waals surface area contributed by atoms with Gasteiger partial charge >= 0.3 is 5.97 Å². The normalized spacial score (nSPS) is 15.7. The first-order valence-electron chi connectivity index (χ1n) is 8.00. The number of anilines is 2. The van der Waals surface area contributed by atoms with Crippen LogP contribution in [0.5, 0.6) is 0 Å². The maximum absolute atomic E-state index is 11.8. The van der Waals surface area contributed by atoms with Crippen molar-refractivity contribution in [3.05, 3.63) is 23.8 Å². The highest BCUT2D eigenvalue weighted by Crippen LogP contribution is 2.31. The van der Waals surface area contributed by atoms with Crippen LogP contribution >= 0.6 is 0 Å². The molecule has 4 heteroatoms. The number of carbonyl (C=O) groups excluding carboxylic acids is 1. The van der Waals surface area contributed by atoms with Gasteiger partial charge in [-0.1, -0.05) is 19.3 Å². The molecule has 0 radical (unpaired) electrons. The molecule has 0 amide bonds. The third-order valence-electron chi connectivity index (χ3n) is 4.20. The largest absolute Gasteiger partial charge is 0.462 e. The summed E-state index contributed by atoms with van der Waals surface area (Å²) >= 11 is 0. The number of nitrogen functional groups attached to an aromatic ring is 1. The Balaban J connectivity index is 2.19. The lowest BCUT2D eigenvalue weighted by Gasteiger charge is -2.36. The van der Waals surface area contributed by atoms with Gasteiger partial charge in [0, 0.05) is 12.6 Å². The molecule has 1 aromatic rings. The van der Waals surface area contributed by atoms with Gasteiger partial charge in [-0.2, -0.15) is 0 Å². The number of hydrogen-bond donors (Lipinski definition) is 1. The fourth-order valence-corrected chi connectivity index (χ4v) is 3.18. The van der Waals surface area contributed by atoms with Crippen molar-refractivity contribution in [3.8, 4) is 0 Å². The van der Waals surface area contributed by atoms with Crippen molar-refractivity contribution in [2.75, 3.05) is 23.8 Å². The predicted octanol–water partition coefficient (Wildman–Crippen LogP) is 3.60. The Kier molecular flexibility index (Phi) is 5.48. The smallest absolute Gasteiger partial charge is 0.338 e. The van der Waals surface area contributed by atoms with Crippen LogP contribution in [0.4, 0.5) is 11.4 Å². The number of ether oxygens (including phenoxy) is 1. The van der Waals surface area contributed by atoms with Crippen molar-refractivity contribution in [2.24, 2.45) is 0 Å². The molecular weight excluding hydrogens is 264 g/mol. The van der Waals surface area contributed by atoms with Crippen LogP contribution in [0.25, 0.3) is 0 Å². The van der Waals surface area contributed by atoms with Gasteiger partial charge in [-0.25, -0.2) is 4.79 Å². The molecule has 0 unspecified atom stereocenters. The predicted molar refractivity (Wildman–Crippen MR) is 86.7 cm³/mol. The molecule has 1 fully saturated rings. The minimum Gasteiger partial charge on any atom is -0.462 e. The summed E-state index contributed by atoms with van der Waals surface area (Å²) in [7, 11) is 0. The van der Waals surface area contributed by atoms with Gasteiger partial charge in [-0.3, -0.25) is 0 Å². The molecule has 2 rings (SSSR count). The molecule has 1 saturated carbocycles. The molecule has 0 heterocycles. The SMILES string of the molecule is CCOC(=O)c1ccc(N(CC)C2CCCCC2)c(N)c1. The number of nitrogens with zero attached hydrogens (tertiary/aromatic N) is 1. The third kappa shape index (κ3) is 3.69. The Morgan fingerprint density at radius 2 is 2.00 bits per heavy atom. The fourth-order valence-electron chi connectivity index (χ4n) is 3.18. The second-order valence-corrected chi connectivity index (χ2v) is 5.57. The van der Waals surface area contributed by atoms with Crippen LogP contribution in [0.3, 0.4) is 0 Å². The summed E-state index contributed by atoms with van der Waals surface area (Å²) in [6, 6.07) is 6.08. The van der Waals surface area contributed by atoms with Gasteiger partial charge in [0.25, 0.3) is 0 Å². The fraction of sp³-hybridized carbons (Fsp3) is 0.588. The molecule has 1 aliphatic carbocycles. The Morgan fingerprint density at radius 1 is 1.29 bits per heavy atom. The second kappa shape index (κ2) is 7.34. The maximum atomic E-state index is 11.8. The van der Waals surface area contributed by atoms with Crippen molar-refractivity contribution >= 4 is 17.3 Å². The summed E-state index contributed by atoms with van der Waals surface area (Å²) in [5.41, 5.74) is 8.41. The van der Waals surface area contributed by atoms with Crippen LogP contribution in [0.15, 0.2) is 18.2 Å². The standard InChI is InChI=1S/C17H26N2O2/c1-3-19(14-8-6-5-7-9-14)16-11-10-13(12-15(16)18)17(20)21-4-2/h10-12,14H,3-9,18H2,1-2H3. The van der Waals surface area contributed by atoms with E-state index in [-0.39, 0.29) is 5.97 Å². The van der Waals surface area contributed by atoms with Gasteiger partial charge in [-0.05, 0) is 44.9 Å². The Labute approximate surface area is 127 Å². The summed E-state index contributed by atoms with van der Waals surface area (Å²) in [4.78, 5) is 14.1. The Hall–Kier alpha value is -1.71. The molecule has 0 spiro atoms. The third-order valence-corrected chi connectivity index (χ3v) is 4.20. The highest BCUT2D eigenvalue weighted by Gasteiger charge is 2.22. The zero-order valence-electron chi connectivity index (χ0n) is 13.1. The molecule has 1 aliphatic rings. The summed E-state index contributed by atoms with van der Waals surface area (Å²) in [6.07, 6.45) is 6.38. The van der Waals surface area contributed by atoms with E-state index in [0.717, 1.165) is 12.2 Å². The van der Waals surface area contributed by atoms with E-state index in [1.807, 2.05) is 12.1 Å². The first-order valence-corrected chi connectivity index (χ1v) is 8.00. The van der Waals surface area contributed by atoms with Gasteiger partial charge < -0.3 is 15.4 Å². The van der Waals surface area contributed by atoms with E-state index >= 15 is 0 Å². The molecule has 116 valence electrons. The van der Waals surface area contributed by atoms with E-state index in [4.69, 9.17) is 10.5 Å². The summed E-state index contributed by atoms with van der Waals surface area (Å²) in [5.74, 6) is -0.309. The lowest BCUT2D eigenvalue weighted by atomic mass is 9.93. The Bertz CT molecular complexity index is 482. The van der Waals surface area contributed by atoms with Crippen LogP contribution < -0.4 is 10.6 Å². The van der Waals surface area contributed by atoms with E-state index in [1.54, 1.807) is 13.0 Å². The van der Waals surface area contributed by atoms with Crippen molar-refractivity contribution < 1.29 is 9.53 Å². The molecule has 21 heavy (non-hydrogen) atoms. The Morgan fingerprint density at radius 3 is 2.57 bits per heavy atom. The minimum absolute atomic E-state index is 0.309. The van der Waals surface area contributed by atoms with Crippen molar-refractivity contribution in [1.29, 1.82) is 0 Å². The molecule has 0 atom stereocenters.